The van der Waals surface area contributed by atoms with Gasteiger partial charge >= 0.3 is 6.03 Å². The van der Waals surface area contributed by atoms with E-state index in [4.69, 9.17) is 0 Å². The van der Waals surface area contributed by atoms with Crippen molar-refractivity contribution in [1.82, 2.24) is 10.2 Å². The van der Waals surface area contributed by atoms with Gasteiger partial charge in [-0.15, -0.1) is 0 Å². The Morgan fingerprint density at radius 3 is 2.50 bits per heavy atom. The highest BCUT2D eigenvalue weighted by Gasteiger charge is 2.30. The largest absolute Gasteiger partial charge is 0.396 e. The fraction of sp³-hybridized carbons (Fsp3) is 0.941. The molecule has 2 aliphatic carbocycles. The molecule has 22 heavy (non-hydrogen) atoms. The van der Waals surface area contributed by atoms with Gasteiger partial charge in [0.05, 0.1) is 0 Å². The van der Waals surface area contributed by atoms with Crippen LogP contribution in [0, 0.1) is 5.92 Å². The standard InChI is InChI=1S/C17H32N2O2S/c1-3-22-16-7-5-4-6-15(16)18-17(21)19(2)14-10-8-13(12-20)9-11-14/h13-16,20H,3-12H2,1-2H3,(H,18,21). The van der Waals surface area contributed by atoms with Gasteiger partial charge < -0.3 is 15.3 Å². The molecule has 2 rings (SSSR count). The third-order valence-corrected chi connectivity index (χ3v) is 6.66. The van der Waals surface area contributed by atoms with Gasteiger partial charge in [-0.25, -0.2) is 4.79 Å². The number of nitrogens with zero attached hydrogens (tertiary/aromatic N) is 1. The number of carbonyl (C=O) groups excluding carboxylic acids is 1. The van der Waals surface area contributed by atoms with Crippen LogP contribution in [0.5, 0.6) is 0 Å². The van der Waals surface area contributed by atoms with E-state index in [1.54, 1.807) is 0 Å². The van der Waals surface area contributed by atoms with Crippen LogP contribution in [-0.2, 0) is 0 Å². The first-order chi connectivity index (χ1) is 10.7. The van der Waals surface area contributed by atoms with E-state index in [9.17, 15) is 9.90 Å². The minimum absolute atomic E-state index is 0.0982. The van der Waals surface area contributed by atoms with Crippen LogP contribution in [0.3, 0.4) is 0 Å². The molecule has 2 unspecified atom stereocenters. The first-order valence-corrected chi connectivity index (χ1v) is 9.96. The normalized spacial score (nSPS) is 32.5. The number of aliphatic hydroxyl groups is 1. The Hall–Kier alpha value is -0.420. The molecule has 2 fully saturated rings. The summed E-state index contributed by atoms with van der Waals surface area (Å²) < 4.78 is 0. The predicted octanol–water partition coefficient (Wildman–Crippen LogP) is 3.24. The number of aliphatic hydroxyl groups excluding tert-OH is 1. The van der Waals surface area contributed by atoms with Gasteiger partial charge in [0.15, 0.2) is 0 Å². The lowest BCUT2D eigenvalue weighted by molar-refractivity contribution is 0.131. The summed E-state index contributed by atoms with van der Waals surface area (Å²) in [7, 11) is 1.93. The lowest BCUT2D eigenvalue weighted by atomic mass is 9.86. The second kappa shape index (κ2) is 9.02. The molecule has 0 heterocycles. The average molecular weight is 329 g/mol. The SMILES string of the molecule is CCSC1CCCCC1NC(=O)N(C)C1CCC(CO)CC1. The van der Waals surface area contributed by atoms with Gasteiger partial charge in [0.25, 0.3) is 0 Å². The lowest BCUT2D eigenvalue weighted by Gasteiger charge is -2.37. The smallest absolute Gasteiger partial charge is 0.317 e. The molecule has 4 nitrogen and oxygen atoms in total. The van der Waals surface area contributed by atoms with E-state index in [0.29, 0.717) is 29.9 Å². The quantitative estimate of drug-likeness (QED) is 0.814. The van der Waals surface area contributed by atoms with Crippen LogP contribution in [0.1, 0.15) is 58.3 Å². The van der Waals surface area contributed by atoms with Crippen LogP contribution < -0.4 is 5.32 Å². The van der Waals surface area contributed by atoms with Gasteiger partial charge in [0.1, 0.15) is 0 Å². The van der Waals surface area contributed by atoms with Crippen LogP contribution in [0.25, 0.3) is 0 Å². The van der Waals surface area contributed by atoms with E-state index in [0.717, 1.165) is 37.9 Å². The van der Waals surface area contributed by atoms with Gasteiger partial charge in [-0.1, -0.05) is 19.8 Å². The first-order valence-electron chi connectivity index (χ1n) is 8.91. The molecule has 2 N–H and O–H groups in total. The van der Waals surface area contributed by atoms with Crippen LogP contribution >= 0.6 is 11.8 Å². The van der Waals surface area contributed by atoms with Gasteiger partial charge in [-0.3, -0.25) is 0 Å². The van der Waals surface area contributed by atoms with Gasteiger partial charge in [-0.2, -0.15) is 11.8 Å². The van der Waals surface area contributed by atoms with Crippen LogP contribution in [0.4, 0.5) is 4.79 Å². The Balaban J connectivity index is 1.82. The summed E-state index contributed by atoms with van der Waals surface area (Å²) in [5, 5.41) is 13.1. The molecular formula is C17H32N2O2S. The zero-order valence-electron chi connectivity index (χ0n) is 14.1. The first kappa shape index (κ1) is 17.9. The molecule has 0 aromatic rings. The Labute approximate surface area is 139 Å². The van der Waals surface area contributed by atoms with E-state index in [1.807, 2.05) is 23.7 Å². The molecule has 0 aromatic carbocycles. The fourth-order valence-electron chi connectivity index (χ4n) is 3.82. The molecule has 2 saturated carbocycles. The molecule has 2 amide bonds. The summed E-state index contributed by atoms with van der Waals surface area (Å²) in [5.74, 6) is 1.56. The summed E-state index contributed by atoms with van der Waals surface area (Å²) >= 11 is 1.99. The molecule has 5 heteroatoms. The summed E-state index contributed by atoms with van der Waals surface area (Å²) in [6.07, 6.45) is 9.00. The third-order valence-electron chi connectivity index (χ3n) is 5.33. The maximum absolute atomic E-state index is 12.6. The van der Waals surface area contributed by atoms with Crippen molar-refractivity contribution in [3.8, 4) is 0 Å². The highest BCUT2D eigenvalue weighted by atomic mass is 32.2. The minimum Gasteiger partial charge on any atom is -0.396 e. The van der Waals surface area contributed by atoms with Crippen LogP contribution in [0.15, 0.2) is 0 Å². The number of hydrogen-bond acceptors (Lipinski definition) is 3. The summed E-state index contributed by atoms with van der Waals surface area (Å²) in [6, 6.07) is 0.771. The molecule has 0 bridgehead atoms. The molecule has 2 aliphatic rings. The zero-order valence-corrected chi connectivity index (χ0v) is 14.9. The highest BCUT2D eigenvalue weighted by Crippen LogP contribution is 2.30. The van der Waals surface area contributed by atoms with E-state index in [-0.39, 0.29) is 6.03 Å². The monoisotopic (exact) mass is 328 g/mol. The molecule has 0 aromatic heterocycles. The maximum Gasteiger partial charge on any atom is 0.317 e. The minimum atomic E-state index is 0.0982. The molecule has 0 aliphatic heterocycles. The molecule has 0 spiro atoms. The second-order valence-corrected chi connectivity index (χ2v) is 8.32. The third kappa shape index (κ3) is 4.79. The van der Waals surface area contributed by atoms with E-state index >= 15 is 0 Å². The van der Waals surface area contributed by atoms with Crippen molar-refractivity contribution in [1.29, 1.82) is 0 Å². The number of carbonyl (C=O) groups is 1. The van der Waals surface area contributed by atoms with Crippen molar-refractivity contribution in [2.24, 2.45) is 5.92 Å². The highest BCUT2D eigenvalue weighted by molar-refractivity contribution is 7.99. The number of urea groups is 1. The number of nitrogens with one attached hydrogen (secondary N) is 1. The number of thioether (sulfide) groups is 1. The topological polar surface area (TPSA) is 52.6 Å². The van der Waals surface area contributed by atoms with Crippen LogP contribution in [0.2, 0.25) is 0 Å². The second-order valence-electron chi connectivity index (χ2n) is 6.80. The Morgan fingerprint density at radius 1 is 1.18 bits per heavy atom. The number of hydrogen-bond donors (Lipinski definition) is 2. The van der Waals surface area contributed by atoms with Crippen molar-refractivity contribution >= 4 is 17.8 Å². The molecule has 128 valence electrons. The Kier molecular flexibility index (Phi) is 7.35. The summed E-state index contributed by atoms with van der Waals surface area (Å²) in [6.45, 7) is 2.49. The van der Waals surface area contributed by atoms with Crippen molar-refractivity contribution in [3.05, 3.63) is 0 Å². The number of rotatable bonds is 5. The summed E-state index contributed by atoms with van der Waals surface area (Å²) in [5.41, 5.74) is 0. The average Bonchev–Trinajstić information content (AvgIpc) is 2.56. The summed E-state index contributed by atoms with van der Waals surface area (Å²) in [4.78, 5) is 14.5. The fourth-order valence-corrected chi connectivity index (χ4v) is 5.01. The van der Waals surface area contributed by atoms with Crippen LogP contribution in [-0.4, -0.2) is 52.8 Å². The molecular weight excluding hydrogens is 296 g/mol. The van der Waals surface area contributed by atoms with E-state index in [1.165, 1.54) is 19.3 Å². The van der Waals surface area contributed by atoms with E-state index < -0.39 is 0 Å². The van der Waals surface area contributed by atoms with E-state index in [2.05, 4.69) is 12.2 Å². The van der Waals surface area contributed by atoms with Gasteiger partial charge in [0, 0.05) is 31.0 Å². The van der Waals surface area contributed by atoms with Crippen molar-refractivity contribution in [2.45, 2.75) is 75.6 Å². The van der Waals surface area contributed by atoms with Crippen molar-refractivity contribution in [3.63, 3.8) is 0 Å². The zero-order chi connectivity index (χ0) is 15.9. The maximum atomic E-state index is 12.6. The molecule has 2 atom stereocenters. The molecule has 0 radical (unpaired) electrons. The molecule has 0 saturated heterocycles. The number of amides is 2. The van der Waals surface area contributed by atoms with Gasteiger partial charge in [-0.05, 0) is 50.2 Å². The Morgan fingerprint density at radius 2 is 1.86 bits per heavy atom. The van der Waals surface area contributed by atoms with Crippen molar-refractivity contribution in [2.75, 3.05) is 19.4 Å². The Bertz CT molecular complexity index is 344. The van der Waals surface area contributed by atoms with Crippen molar-refractivity contribution < 1.29 is 9.90 Å². The van der Waals surface area contributed by atoms with Gasteiger partial charge in [0.2, 0.25) is 0 Å². The predicted molar refractivity (Wildman–Crippen MR) is 93.3 cm³/mol. The lowest BCUT2D eigenvalue weighted by Crippen LogP contribution is -2.51.